The summed E-state index contributed by atoms with van der Waals surface area (Å²) in [6, 6.07) is 16.4. The lowest BCUT2D eigenvalue weighted by Crippen LogP contribution is -2.50. The molecule has 2 aromatic carbocycles. The Morgan fingerprint density at radius 3 is 2.37 bits per heavy atom. The molecule has 0 radical (unpaired) electrons. The van der Waals surface area contributed by atoms with Crippen LogP contribution in [0.1, 0.15) is 5.56 Å². The minimum absolute atomic E-state index is 0.123. The minimum atomic E-state index is -0.509. The Bertz CT molecular complexity index is 774. The molecule has 0 aromatic heterocycles. The van der Waals surface area contributed by atoms with Crippen LogP contribution in [-0.4, -0.2) is 60.0 Å². The number of nitro benzene ring substituents is 1. The van der Waals surface area contributed by atoms with E-state index in [-0.39, 0.29) is 24.0 Å². The van der Waals surface area contributed by atoms with Crippen molar-refractivity contribution in [2.24, 2.45) is 0 Å². The van der Waals surface area contributed by atoms with E-state index in [0.29, 0.717) is 13.1 Å². The van der Waals surface area contributed by atoms with Crippen molar-refractivity contribution in [1.29, 1.82) is 0 Å². The SMILES string of the molecule is O=C(COc1ccccc1[N+](=O)[O-])N1CCN(CCc2ccccc2)CC1. The van der Waals surface area contributed by atoms with Gasteiger partial charge in [-0.2, -0.15) is 0 Å². The van der Waals surface area contributed by atoms with E-state index < -0.39 is 4.92 Å². The fraction of sp³-hybridized carbons (Fsp3) is 0.350. The lowest BCUT2D eigenvalue weighted by Gasteiger charge is -2.34. The van der Waals surface area contributed by atoms with E-state index >= 15 is 0 Å². The molecule has 0 N–H and O–H groups in total. The first kappa shape index (κ1) is 18.8. The normalized spacial score (nSPS) is 14.7. The second-order valence-corrected chi connectivity index (χ2v) is 6.47. The Morgan fingerprint density at radius 1 is 1.00 bits per heavy atom. The molecule has 7 heteroatoms. The second kappa shape index (κ2) is 9.14. The predicted molar refractivity (Wildman–Crippen MR) is 102 cm³/mol. The molecular weight excluding hydrogens is 346 g/mol. The molecule has 27 heavy (non-hydrogen) atoms. The molecule has 1 heterocycles. The highest BCUT2D eigenvalue weighted by atomic mass is 16.6. The van der Waals surface area contributed by atoms with Crippen molar-refractivity contribution in [3.8, 4) is 5.75 Å². The smallest absolute Gasteiger partial charge is 0.310 e. The van der Waals surface area contributed by atoms with Crippen LogP contribution in [0.3, 0.4) is 0 Å². The van der Waals surface area contributed by atoms with Crippen LogP contribution in [0.4, 0.5) is 5.69 Å². The quantitative estimate of drug-likeness (QED) is 0.553. The first-order valence-electron chi connectivity index (χ1n) is 9.04. The van der Waals surface area contributed by atoms with Gasteiger partial charge in [-0.15, -0.1) is 0 Å². The van der Waals surface area contributed by atoms with Gasteiger partial charge in [0.05, 0.1) is 4.92 Å². The summed E-state index contributed by atoms with van der Waals surface area (Å²) in [4.78, 5) is 26.9. The standard InChI is InChI=1S/C20H23N3O4/c24-20(16-27-19-9-5-4-8-18(19)23(25)26)22-14-12-21(13-15-22)11-10-17-6-2-1-3-7-17/h1-9H,10-16H2. The molecule has 0 aliphatic carbocycles. The van der Waals surface area contributed by atoms with E-state index in [0.717, 1.165) is 26.1 Å². The molecule has 1 saturated heterocycles. The summed E-state index contributed by atoms with van der Waals surface area (Å²) in [5.74, 6) is -0.0202. The summed E-state index contributed by atoms with van der Waals surface area (Å²) in [6.45, 7) is 3.73. The fourth-order valence-electron chi connectivity index (χ4n) is 3.11. The fourth-order valence-corrected chi connectivity index (χ4v) is 3.11. The Morgan fingerprint density at radius 2 is 1.67 bits per heavy atom. The number of piperazine rings is 1. The molecule has 1 aliphatic rings. The van der Waals surface area contributed by atoms with Gasteiger partial charge in [0.2, 0.25) is 0 Å². The summed E-state index contributed by atoms with van der Waals surface area (Å²) in [6.07, 6.45) is 0.996. The molecule has 7 nitrogen and oxygen atoms in total. The lowest BCUT2D eigenvalue weighted by atomic mass is 10.1. The van der Waals surface area contributed by atoms with Gasteiger partial charge >= 0.3 is 5.69 Å². The van der Waals surface area contributed by atoms with Crippen LogP contribution in [0.2, 0.25) is 0 Å². The van der Waals surface area contributed by atoms with Gasteiger partial charge in [-0.25, -0.2) is 0 Å². The zero-order chi connectivity index (χ0) is 19.1. The van der Waals surface area contributed by atoms with Crippen molar-refractivity contribution in [3.05, 3.63) is 70.3 Å². The number of rotatable bonds is 7. The molecular formula is C20H23N3O4. The highest BCUT2D eigenvalue weighted by Crippen LogP contribution is 2.25. The average Bonchev–Trinajstić information content (AvgIpc) is 2.71. The average molecular weight is 369 g/mol. The maximum absolute atomic E-state index is 12.4. The summed E-state index contributed by atoms with van der Waals surface area (Å²) >= 11 is 0. The van der Waals surface area contributed by atoms with Crippen molar-refractivity contribution >= 4 is 11.6 Å². The van der Waals surface area contributed by atoms with Gasteiger partial charge in [0.15, 0.2) is 12.4 Å². The molecule has 0 unspecified atom stereocenters. The number of ether oxygens (including phenoxy) is 1. The van der Waals surface area contributed by atoms with E-state index in [9.17, 15) is 14.9 Å². The number of para-hydroxylation sites is 2. The highest BCUT2D eigenvalue weighted by molar-refractivity contribution is 5.78. The number of nitrogens with zero attached hydrogens (tertiary/aromatic N) is 3. The lowest BCUT2D eigenvalue weighted by molar-refractivity contribution is -0.385. The second-order valence-electron chi connectivity index (χ2n) is 6.47. The molecule has 2 aromatic rings. The monoisotopic (exact) mass is 369 g/mol. The zero-order valence-electron chi connectivity index (χ0n) is 15.1. The van der Waals surface area contributed by atoms with Crippen LogP contribution in [0.25, 0.3) is 0 Å². The molecule has 1 aliphatic heterocycles. The number of carbonyl (C=O) groups excluding carboxylic acids is 1. The van der Waals surface area contributed by atoms with Crippen LogP contribution in [0.5, 0.6) is 5.75 Å². The molecule has 3 rings (SSSR count). The van der Waals surface area contributed by atoms with Crippen LogP contribution in [0, 0.1) is 10.1 Å². The van der Waals surface area contributed by atoms with E-state index in [1.165, 1.54) is 17.7 Å². The van der Waals surface area contributed by atoms with Crippen molar-refractivity contribution in [2.45, 2.75) is 6.42 Å². The van der Waals surface area contributed by atoms with Gasteiger partial charge in [-0.3, -0.25) is 19.8 Å². The van der Waals surface area contributed by atoms with Gasteiger partial charge in [-0.05, 0) is 18.1 Å². The Labute approximate surface area is 158 Å². The maximum atomic E-state index is 12.4. The van der Waals surface area contributed by atoms with Crippen molar-refractivity contribution in [3.63, 3.8) is 0 Å². The Kier molecular flexibility index (Phi) is 6.38. The number of hydrogen-bond acceptors (Lipinski definition) is 5. The van der Waals surface area contributed by atoms with Crippen LogP contribution in [0.15, 0.2) is 54.6 Å². The molecule has 0 spiro atoms. The Balaban J connectivity index is 1.43. The van der Waals surface area contributed by atoms with Gasteiger partial charge in [0.25, 0.3) is 5.91 Å². The largest absolute Gasteiger partial charge is 0.477 e. The first-order chi connectivity index (χ1) is 13.1. The van der Waals surface area contributed by atoms with Gasteiger partial charge < -0.3 is 9.64 Å². The molecule has 0 atom stereocenters. The predicted octanol–water partition coefficient (Wildman–Crippen LogP) is 2.36. The molecule has 0 saturated carbocycles. The highest BCUT2D eigenvalue weighted by Gasteiger charge is 2.22. The van der Waals surface area contributed by atoms with Crippen LogP contribution < -0.4 is 4.74 Å². The number of carbonyl (C=O) groups is 1. The summed E-state index contributed by atoms with van der Waals surface area (Å²) in [5, 5.41) is 11.0. The molecule has 142 valence electrons. The van der Waals surface area contributed by atoms with Gasteiger partial charge in [-0.1, -0.05) is 42.5 Å². The van der Waals surface area contributed by atoms with Gasteiger partial charge in [0, 0.05) is 38.8 Å². The summed E-state index contributed by atoms with van der Waals surface area (Å²) in [7, 11) is 0. The van der Waals surface area contributed by atoms with E-state index in [4.69, 9.17) is 4.74 Å². The third-order valence-corrected chi connectivity index (χ3v) is 4.70. The van der Waals surface area contributed by atoms with E-state index in [2.05, 4.69) is 17.0 Å². The summed E-state index contributed by atoms with van der Waals surface area (Å²) in [5.41, 5.74) is 1.19. The molecule has 1 amide bonds. The Hall–Kier alpha value is -2.93. The minimum Gasteiger partial charge on any atom is -0.477 e. The third-order valence-electron chi connectivity index (χ3n) is 4.70. The number of amides is 1. The van der Waals surface area contributed by atoms with E-state index in [1.807, 2.05) is 18.2 Å². The van der Waals surface area contributed by atoms with Crippen molar-refractivity contribution in [2.75, 3.05) is 39.3 Å². The molecule has 1 fully saturated rings. The third kappa shape index (κ3) is 5.27. The number of nitro groups is 1. The maximum Gasteiger partial charge on any atom is 0.310 e. The van der Waals surface area contributed by atoms with E-state index in [1.54, 1.807) is 17.0 Å². The first-order valence-corrected chi connectivity index (χ1v) is 9.04. The molecule has 0 bridgehead atoms. The van der Waals surface area contributed by atoms with Crippen LogP contribution in [-0.2, 0) is 11.2 Å². The van der Waals surface area contributed by atoms with Crippen molar-refractivity contribution in [1.82, 2.24) is 9.80 Å². The summed E-state index contributed by atoms with van der Waals surface area (Å²) < 4.78 is 5.40. The van der Waals surface area contributed by atoms with Gasteiger partial charge in [0.1, 0.15) is 0 Å². The zero-order valence-corrected chi connectivity index (χ0v) is 15.1. The number of benzene rings is 2. The number of hydrogen-bond donors (Lipinski definition) is 0. The van der Waals surface area contributed by atoms with Crippen LogP contribution >= 0.6 is 0 Å². The topological polar surface area (TPSA) is 75.9 Å². The van der Waals surface area contributed by atoms with Crippen molar-refractivity contribution < 1.29 is 14.5 Å².